The number of amides is 1. The monoisotopic (exact) mass is 271 g/mol. The molecule has 20 heavy (non-hydrogen) atoms. The summed E-state index contributed by atoms with van der Waals surface area (Å²) in [5.41, 5.74) is 8.94. The second-order valence-electron chi connectivity index (χ2n) is 4.37. The quantitative estimate of drug-likeness (QED) is 0.833. The SMILES string of the molecule is COc1ncccc1C(=O)NCc1cccc(N)c1C. The second-order valence-corrected chi connectivity index (χ2v) is 4.37. The Morgan fingerprint density at radius 3 is 2.90 bits per heavy atom. The first-order valence-corrected chi connectivity index (χ1v) is 6.24. The molecule has 0 spiro atoms. The third kappa shape index (κ3) is 2.88. The van der Waals surface area contributed by atoms with Crippen molar-refractivity contribution in [1.82, 2.24) is 10.3 Å². The molecule has 1 heterocycles. The van der Waals surface area contributed by atoms with Crippen molar-refractivity contribution in [3.8, 4) is 5.88 Å². The third-order valence-electron chi connectivity index (χ3n) is 3.14. The van der Waals surface area contributed by atoms with Crippen molar-refractivity contribution in [2.75, 3.05) is 12.8 Å². The van der Waals surface area contributed by atoms with Crippen LogP contribution in [0.25, 0.3) is 0 Å². The lowest BCUT2D eigenvalue weighted by Crippen LogP contribution is -2.24. The maximum atomic E-state index is 12.1. The van der Waals surface area contributed by atoms with E-state index in [1.807, 2.05) is 25.1 Å². The number of methoxy groups -OCH3 is 1. The van der Waals surface area contributed by atoms with E-state index in [2.05, 4.69) is 10.3 Å². The number of aromatic nitrogens is 1. The Bertz CT molecular complexity index is 626. The van der Waals surface area contributed by atoms with Gasteiger partial charge in [0.25, 0.3) is 5.91 Å². The molecular formula is C15H17N3O2. The van der Waals surface area contributed by atoms with Gasteiger partial charge in [-0.15, -0.1) is 0 Å². The van der Waals surface area contributed by atoms with Crippen molar-refractivity contribution in [2.24, 2.45) is 0 Å². The van der Waals surface area contributed by atoms with Crippen LogP contribution in [0.2, 0.25) is 0 Å². The minimum absolute atomic E-state index is 0.225. The summed E-state index contributed by atoms with van der Waals surface area (Å²) in [7, 11) is 1.49. The summed E-state index contributed by atoms with van der Waals surface area (Å²) in [5, 5.41) is 2.84. The molecule has 1 aromatic carbocycles. The van der Waals surface area contributed by atoms with Crippen LogP contribution in [-0.4, -0.2) is 18.0 Å². The van der Waals surface area contributed by atoms with Crippen LogP contribution >= 0.6 is 0 Å². The number of carbonyl (C=O) groups excluding carboxylic acids is 1. The maximum Gasteiger partial charge on any atom is 0.257 e. The summed E-state index contributed by atoms with van der Waals surface area (Å²) in [4.78, 5) is 16.1. The summed E-state index contributed by atoms with van der Waals surface area (Å²) in [5.74, 6) is 0.0890. The highest BCUT2D eigenvalue weighted by molar-refractivity contribution is 5.96. The molecule has 0 saturated heterocycles. The summed E-state index contributed by atoms with van der Waals surface area (Å²) < 4.78 is 5.07. The molecule has 0 radical (unpaired) electrons. The predicted octanol–water partition coefficient (Wildman–Crippen LogP) is 1.91. The molecule has 0 unspecified atom stereocenters. The number of carbonyl (C=O) groups is 1. The fraction of sp³-hybridized carbons (Fsp3) is 0.200. The second kappa shape index (κ2) is 6.06. The van der Waals surface area contributed by atoms with Crippen molar-refractivity contribution < 1.29 is 9.53 Å². The van der Waals surface area contributed by atoms with Crippen LogP contribution in [0, 0.1) is 6.92 Å². The van der Waals surface area contributed by atoms with E-state index < -0.39 is 0 Å². The van der Waals surface area contributed by atoms with Crippen LogP contribution in [0.5, 0.6) is 5.88 Å². The van der Waals surface area contributed by atoms with E-state index in [0.717, 1.165) is 16.8 Å². The number of nitrogen functional groups attached to an aromatic ring is 1. The van der Waals surface area contributed by atoms with Gasteiger partial charge in [-0.1, -0.05) is 12.1 Å². The molecule has 2 rings (SSSR count). The van der Waals surface area contributed by atoms with Gasteiger partial charge in [0.1, 0.15) is 5.56 Å². The van der Waals surface area contributed by atoms with E-state index in [0.29, 0.717) is 18.0 Å². The molecule has 104 valence electrons. The van der Waals surface area contributed by atoms with Gasteiger partial charge in [0.15, 0.2) is 0 Å². The molecule has 0 fully saturated rings. The van der Waals surface area contributed by atoms with Gasteiger partial charge in [0.2, 0.25) is 5.88 Å². The summed E-state index contributed by atoms with van der Waals surface area (Å²) in [6.07, 6.45) is 1.58. The number of nitrogens with two attached hydrogens (primary N) is 1. The van der Waals surface area contributed by atoms with Crippen LogP contribution < -0.4 is 15.8 Å². The Morgan fingerprint density at radius 1 is 1.35 bits per heavy atom. The number of pyridine rings is 1. The molecule has 0 aliphatic rings. The van der Waals surface area contributed by atoms with Gasteiger partial charge in [-0.2, -0.15) is 0 Å². The van der Waals surface area contributed by atoms with Crippen LogP contribution in [0.1, 0.15) is 21.5 Å². The Morgan fingerprint density at radius 2 is 2.15 bits per heavy atom. The fourth-order valence-electron chi connectivity index (χ4n) is 1.89. The first-order chi connectivity index (χ1) is 9.63. The molecule has 5 heteroatoms. The molecule has 0 atom stereocenters. The number of nitrogens with zero attached hydrogens (tertiary/aromatic N) is 1. The Balaban J connectivity index is 2.11. The highest BCUT2D eigenvalue weighted by Crippen LogP contribution is 2.16. The number of nitrogens with one attached hydrogen (secondary N) is 1. The smallest absolute Gasteiger partial charge is 0.257 e. The van der Waals surface area contributed by atoms with Gasteiger partial charge in [0, 0.05) is 18.4 Å². The standard InChI is InChI=1S/C15H17N3O2/c1-10-11(5-3-7-13(10)16)9-18-14(19)12-6-4-8-17-15(12)20-2/h3-8H,9,16H2,1-2H3,(H,18,19). The lowest BCUT2D eigenvalue weighted by Gasteiger charge is -2.11. The number of hydrogen-bond acceptors (Lipinski definition) is 4. The van der Waals surface area contributed by atoms with Crippen LogP contribution in [0.3, 0.4) is 0 Å². The molecule has 1 aromatic heterocycles. The molecule has 1 amide bonds. The Kier molecular flexibility index (Phi) is 4.20. The van der Waals surface area contributed by atoms with Crippen molar-refractivity contribution in [1.29, 1.82) is 0 Å². The lowest BCUT2D eigenvalue weighted by atomic mass is 10.1. The average Bonchev–Trinajstić information content (AvgIpc) is 2.48. The number of benzene rings is 1. The molecule has 2 aromatic rings. The predicted molar refractivity (Wildman–Crippen MR) is 77.6 cm³/mol. The van der Waals surface area contributed by atoms with Crippen molar-refractivity contribution in [2.45, 2.75) is 13.5 Å². The molecule has 0 bridgehead atoms. The summed E-state index contributed by atoms with van der Waals surface area (Å²) >= 11 is 0. The number of ether oxygens (including phenoxy) is 1. The van der Waals surface area contributed by atoms with Crippen molar-refractivity contribution in [3.63, 3.8) is 0 Å². The zero-order valence-electron chi connectivity index (χ0n) is 11.5. The van der Waals surface area contributed by atoms with Crippen LogP contribution in [0.15, 0.2) is 36.5 Å². The molecular weight excluding hydrogens is 254 g/mol. The van der Waals surface area contributed by atoms with E-state index in [9.17, 15) is 4.79 Å². The fourth-order valence-corrected chi connectivity index (χ4v) is 1.89. The minimum Gasteiger partial charge on any atom is -0.480 e. The van der Waals surface area contributed by atoms with Crippen LogP contribution in [0.4, 0.5) is 5.69 Å². The average molecular weight is 271 g/mol. The van der Waals surface area contributed by atoms with Gasteiger partial charge >= 0.3 is 0 Å². The topological polar surface area (TPSA) is 77.2 Å². The maximum absolute atomic E-state index is 12.1. The molecule has 0 aliphatic carbocycles. The lowest BCUT2D eigenvalue weighted by molar-refractivity contribution is 0.0947. The zero-order chi connectivity index (χ0) is 14.5. The first kappa shape index (κ1) is 13.9. The normalized spacial score (nSPS) is 10.1. The summed E-state index contributed by atoms with van der Waals surface area (Å²) in [6.45, 7) is 2.34. The van der Waals surface area contributed by atoms with E-state index in [-0.39, 0.29) is 5.91 Å². The van der Waals surface area contributed by atoms with Gasteiger partial charge in [-0.3, -0.25) is 4.79 Å². The highest BCUT2D eigenvalue weighted by atomic mass is 16.5. The largest absolute Gasteiger partial charge is 0.480 e. The van der Waals surface area contributed by atoms with Crippen molar-refractivity contribution in [3.05, 3.63) is 53.2 Å². The highest BCUT2D eigenvalue weighted by Gasteiger charge is 2.12. The van der Waals surface area contributed by atoms with Gasteiger partial charge in [0.05, 0.1) is 7.11 Å². The Hall–Kier alpha value is -2.56. The van der Waals surface area contributed by atoms with E-state index >= 15 is 0 Å². The molecule has 3 N–H and O–H groups in total. The summed E-state index contributed by atoms with van der Waals surface area (Å²) in [6, 6.07) is 9.02. The van der Waals surface area contributed by atoms with Gasteiger partial charge in [-0.05, 0) is 36.2 Å². The first-order valence-electron chi connectivity index (χ1n) is 6.24. The number of anilines is 1. The third-order valence-corrected chi connectivity index (χ3v) is 3.14. The van der Waals surface area contributed by atoms with Crippen LogP contribution in [-0.2, 0) is 6.54 Å². The number of rotatable bonds is 4. The van der Waals surface area contributed by atoms with Crippen molar-refractivity contribution >= 4 is 11.6 Å². The zero-order valence-corrected chi connectivity index (χ0v) is 11.5. The number of hydrogen-bond donors (Lipinski definition) is 2. The van der Waals surface area contributed by atoms with E-state index in [1.165, 1.54) is 7.11 Å². The molecule has 5 nitrogen and oxygen atoms in total. The van der Waals surface area contributed by atoms with E-state index in [4.69, 9.17) is 10.5 Å². The molecule has 0 saturated carbocycles. The Labute approximate surface area is 117 Å². The van der Waals surface area contributed by atoms with E-state index in [1.54, 1.807) is 18.3 Å². The van der Waals surface area contributed by atoms with Gasteiger partial charge in [-0.25, -0.2) is 4.98 Å². The van der Waals surface area contributed by atoms with Gasteiger partial charge < -0.3 is 15.8 Å². The molecule has 0 aliphatic heterocycles. The minimum atomic E-state index is -0.225.